The van der Waals surface area contributed by atoms with Crippen molar-refractivity contribution in [3.8, 4) is 5.75 Å². The minimum absolute atomic E-state index is 0.158. The molecule has 1 heterocycles. The van der Waals surface area contributed by atoms with Crippen molar-refractivity contribution in [3.63, 3.8) is 0 Å². The second kappa shape index (κ2) is 3.72. The number of benzene rings is 1. The molecule has 0 radical (unpaired) electrons. The zero-order valence-corrected chi connectivity index (χ0v) is 9.55. The van der Waals surface area contributed by atoms with E-state index in [1.165, 1.54) is 7.11 Å². The number of hydrogen-bond donors (Lipinski definition) is 2. The van der Waals surface area contributed by atoms with E-state index < -0.39 is 5.97 Å². The van der Waals surface area contributed by atoms with E-state index in [0.29, 0.717) is 21.9 Å². The number of ether oxygens (including phenoxy) is 1. The molecule has 5 heteroatoms. The predicted molar refractivity (Wildman–Crippen MR) is 61.6 cm³/mol. The fourth-order valence-electron chi connectivity index (χ4n) is 1.69. The van der Waals surface area contributed by atoms with E-state index in [0.717, 1.165) is 5.39 Å². The van der Waals surface area contributed by atoms with Gasteiger partial charge in [0.05, 0.1) is 17.6 Å². The highest BCUT2D eigenvalue weighted by molar-refractivity contribution is 6.35. The summed E-state index contributed by atoms with van der Waals surface area (Å²) in [5.74, 6) is -0.389. The molecule has 2 N–H and O–H groups in total. The highest BCUT2D eigenvalue weighted by Crippen LogP contribution is 2.32. The van der Waals surface area contributed by atoms with Gasteiger partial charge in [-0.15, -0.1) is 0 Å². The van der Waals surface area contributed by atoms with E-state index in [4.69, 9.17) is 21.4 Å². The third-order valence-corrected chi connectivity index (χ3v) is 2.84. The second-order valence-corrected chi connectivity index (χ2v) is 3.87. The van der Waals surface area contributed by atoms with Gasteiger partial charge in [0.1, 0.15) is 11.4 Å². The minimum Gasteiger partial charge on any atom is -0.497 e. The Morgan fingerprint density at radius 3 is 2.75 bits per heavy atom. The van der Waals surface area contributed by atoms with Crippen LogP contribution < -0.4 is 4.74 Å². The topological polar surface area (TPSA) is 62.3 Å². The van der Waals surface area contributed by atoms with E-state index in [1.54, 1.807) is 19.1 Å². The lowest BCUT2D eigenvalue weighted by molar-refractivity contribution is 0.0691. The van der Waals surface area contributed by atoms with Gasteiger partial charge in [0.15, 0.2) is 0 Å². The number of carboxylic acids is 1. The Morgan fingerprint density at radius 2 is 2.19 bits per heavy atom. The SMILES string of the molecule is COc1cc(Cl)c2[nH]c(C(=O)O)c(C)c2c1. The van der Waals surface area contributed by atoms with Crippen LogP contribution in [0.4, 0.5) is 0 Å². The molecule has 0 bridgehead atoms. The Bertz CT molecular complexity index is 574. The van der Waals surface area contributed by atoms with Gasteiger partial charge in [0.25, 0.3) is 0 Å². The quantitative estimate of drug-likeness (QED) is 0.847. The van der Waals surface area contributed by atoms with Crippen LogP contribution >= 0.6 is 11.6 Å². The second-order valence-electron chi connectivity index (χ2n) is 3.46. The lowest BCUT2D eigenvalue weighted by atomic mass is 10.1. The molecule has 2 aromatic rings. The van der Waals surface area contributed by atoms with Gasteiger partial charge in [-0.05, 0) is 18.6 Å². The average Bonchev–Trinajstić information content (AvgIpc) is 2.57. The van der Waals surface area contributed by atoms with E-state index in [9.17, 15) is 4.79 Å². The minimum atomic E-state index is -0.997. The van der Waals surface area contributed by atoms with Crippen molar-refractivity contribution in [3.05, 3.63) is 28.4 Å². The molecule has 0 saturated heterocycles. The van der Waals surface area contributed by atoms with Crippen molar-refractivity contribution in [1.82, 2.24) is 4.98 Å². The molecular weight excluding hydrogens is 230 g/mol. The third kappa shape index (κ3) is 1.51. The number of aromatic amines is 1. The third-order valence-electron chi connectivity index (χ3n) is 2.54. The van der Waals surface area contributed by atoms with Crippen LogP contribution in [0.1, 0.15) is 16.1 Å². The van der Waals surface area contributed by atoms with Crippen LogP contribution in [-0.2, 0) is 0 Å². The Labute approximate surface area is 96.8 Å². The van der Waals surface area contributed by atoms with Crippen LogP contribution in [0.15, 0.2) is 12.1 Å². The number of hydrogen-bond acceptors (Lipinski definition) is 2. The molecule has 1 aromatic heterocycles. The molecule has 0 aliphatic rings. The number of aromatic carboxylic acids is 1. The summed E-state index contributed by atoms with van der Waals surface area (Å²) in [5.41, 5.74) is 1.44. The molecule has 0 spiro atoms. The maximum atomic E-state index is 11.0. The molecule has 0 saturated carbocycles. The molecule has 84 valence electrons. The van der Waals surface area contributed by atoms with Gasteiger partial charge >= 0.3 is 5.97 Å². The summed E-state index contributed by atoms with van der Waals surface area (Å²) in [6, 6.07) is 3.41. The summed E-state index contributed by atoms with van der Waals surface area (Å²) in [6.07, 6.45) is 0. The van der Waals surface area contributed by atoms with Gasteiger partial charge in [-0.25, -0.2) is 4.79 Å². The van der Waals surface area contributed by atoms with Crippen LogP contribution in [0.25, 0.3) is 10.9 Å². The van der Waals surface area contributed by atoms with Gasteiger partial charge < -0.3 is 14.8 Å². The number of rotatable bonds is 2. The smallest absolute Gasteiger partial charge is 0.352 e. The number of carboxylic acid groups (broad SMARTS) is 1. The molecule has 0 aliphatic heterocycles. The normalized spacial score (nSPS) is 10.7. The number of nitrogens with one attached hydrogen (secondary N) is 1. The van der Waals surface area contributed by atoms with E-state index in [-0.39, 0.29) is 5.69 Å². The maximum absolute atomic E-state index is 11.0. The first-order chi connectivity index (χ1) is 7.54. The number of methoxy groups -OCH3 is 1. The molecule has 0 amide bonds. The fraction of sp³-hybridized carbons (Fsp3) is 0.182. The standard InChI is InChI=1S/C11H10ClNO3/c1-5-7-3-6(16-2)4-8(12)10(7)13-9(5)11(14)15/h3-4,13H,1-2H3,(H,14,15). The number of carbonyl (C=O) groups is 1. The molecular formula is C11H10ClNO3. The first-order valence-electron chi connectivity index (χ1n) is 4.63. The average molecular weight is 240 g/mol. The maximum Gasteiger partial charge on any atom is 0.352 e. The van der Waals surface area contributed by atoms with Crippen LogP contribution in [0.2, 0.25) is 5.02 Å². The number of fused-ring (bicyclic) bond motifs is 1. The molecule has 0 fully saturated rings. The predicted octanol–water partition coefficient (Wildman–Crippen LogP) is 2.84. The van der Waals surface area contributed by atoms with Gasteiger partial charge in [0.2, 0.25) is 0 Å². The highest BCUT2D eigenvalue weighted by atomic mass is 35.5. The largest absolute Gasteiger partial charge is 0.497 e. The summed E-state index contributed by atoms with van der Waals surface area (Å²) in [6.45, 7) is 1.73. The van der Waals surface area contributed by atoms with E-state index in [2.05, 4.69) is 4.98 Å². The first kappa shape index (κ1) is 10.8. The summed E-state index contributed by atoms with van der Waals surface area (Å²) < 4.78 is 5.08. The lowest BCUT2D eigenvalue weighted by Gasteiger charge is -2.01. The van der Waals surface area contributed by atoms with Crippen LogP contribution in [-0.4, -0.2) is 23.2 Å². The summed E-state index contributed by atoms with van der Waals surface area (Å²) in [7, 11) is 1.54. The fourth-order valence-corrected chi connectivity index (χ4v) is 1.95. The number of aromatic nitrogens is 1. The van der Waals surface area contributed by atoms with Gasteiger partial charge in [0, 0.05) is 11.5 Å². The van der Waals surface area contributed by atoms with Crippen molar-refractivity contribution in [2.75, 3.05) is 7.11 Å². The highest BCUT2D eigenvalue weighted by Gasteiger charge is 2.16. The Kier molecular flexibility index (Phi) is 2.52. The Morgan fingerprint density at radius 1 is 1.50 bits per heavy atom. The lowest BCUT2D eigenvalue weighted by Crippen LogP contribution is -1.98. The summed E-state index contributed by atoms with van der Waals surface area (Å²) in [5, 5.41) is 10.2. The zero-order valence-electron chi connectivity index (χ0n) is 8.80. The van der Waals surface area contributed by atoms with Gasteiger partial charge in [-0.3, -0.25) is 0 Å². The number of aryl methyl sites for hydroxylation is 1. The summed E-state index contributed by atoms with van der Waals surface area (Å²) in [4.78, 5) is 13.7. The summed E-state index contributed by atoms with van der Waals surface area (Å²) >= 11 is 6.03. The van der Waals surface area contributed by atoms with Crippen molar-refractivity contribution < 1.29 is 14.6 Å². The molecule has 0 aliphatic carbocycles. The molecule has 0 unspecified atom stereocenters. The molecule has 2 rings (SSSR count). The Hall–Kier alpha value is -1.68. The van der Waals surface area contributed by atoms with Crippen molar-refractivity contribution in [2.24, 2.45) is 0 Å². The van der Waals surface area contributed by atoms with Crippen LogP contribution in [0.3, 0.4) is 0 Å². The molecule has 4 nitrogen and oxygen atoms in total. The Balaban J connectivity index is 2.81. The van der Waals surface area contributed by atoms with Crippen molar-refractivity contribution in [2.45, 2.75) is 6.92 Å². The molecule has 0 atom stereocenters. The van der Waals surface area contributed by atoms with Crippen LogP contribution in [0, 0.1) is 6.92 Å². The number of halogens is 1. The number of H-pyrrole nitrogens is 1. The van der Waals surface area contributed by atoms with E-state index in [1.807, 2.05) is 0 Å². The van der Waals surface area contributed by atoms with Crippen molar-refractivity contribution in [1.29, 1.82) is 0 Å². The monoisotopic (exact) mass is 239 g/mol. The first-order valence-corrected chi connectivity index (χ1v) is 5.01. The van der Waals surface area contributed by atoms with Gasteiger partial charge in [-0.2, -0.15) is 0 Å². The van der Waals surface area contributed by atoms with Crippen molar-refractivity contribution >= 4 is 28.5 Å². The molecule has 16 heavy (non-hydrogen) atoms. The van der Waals surface area contributed by atoms with E-state index >= 15 is 0 Å². The van der Waals surface area contributed by atoms with Crippen LogP contribution in [0.5, 0.6) is 5.75 Å². The zero-order chi connectivity index (χ0) is 11.9. The van der Waals surface area contributed by atoms with Gasteiger partial charge in [-0.1, -0.05) is 11.6 Å². The molecule has 1 aromatic carbocycles.